The van der Waals surface area contributed by atoms with Gasteiger partial charge in [0.25, 0.3) is 10.0 Å². The summed E-state index contributed by atoms with van der Waals surface area (Å²) < 4.78 is 36.5. The third-order valence-electron chi connectivity index (χ3n) is 2.85. The lowest BCUT2D eigenvalue weighted by molar-refractivity contribution is -0.354. The Morgan fingerprint density at radius 1 is 1.32 bits per heavy atom. The molecule has 0 atom stereocenters. The largest absolute Gasteiger partial charge is 0.616 e. The Kier molecular flexibility index (Phi) is 3.88. The van der Waals surface area contributed by atoms with Crippen molar-refractivity contribution in [1.82, 2.24) is 0 Å². The number of fused-ring (bicyclic) bond motifs is 1. The van der Waals surface area contributed by atoms with Crippen LogP contribution in [-0.4, -0.2) is 34.3 Å². The van der Waals surface area contributed by atoms with Gasteiger partial charge in [0.2, 0.25) is 0 Å². The summed E-state index contributed by atoms with van der Waals surface area (Å²) in [5.74, 6) is -2.13. The van der Waals surface area contributed by atoms with Gasteiger partial charge in [-0.05, 0) is 13.2 Å². The number of methoxy groups -OCH3 is 2. The van der Waals surface area contributed by atoms with Gasteiger partial charge < -0.3 is 14.6 Å². The number of nitrogens with zero attached hydrogens (tertiary/aromatic N) is 2. The second-order valence-electron chi connectivity index (χ2n) is 4.07. The van der Waals surface area contributed by atoms with E-state index in [9.17, 15) is 18.3 Å². The summed E-state index contributed by atoms with van der Waals surface area (Å²) in [6, 6.07) is 3.78. The van der Waals surface area contributed by atoms with Gasteiger partial charge in [-0.1, -0.05) is 12.1 Å². The highest BCUT2D eigenvalue weighted by Crippen LogP contribution is 2.33. The molecule has 1 aliphatic rings. The molecular formula is C13H9N2O6S-. The van der Waals surface area contributed by atoms with Crippen LogP contribution in [0.3, 0.4) is 0 Å². The molecule has 0 unspecified atom stereocenters. The maximum atomic E-state index is 12.0. The molecule has 1 heterocycles. The van der Waals surface area contributed by atoms with Crippen LogP contribution in [0.5, 0.6) is 0 Å². The van der Waals surface area contributed by atoms with E-state index in [-0.39, 0.29) is 21.9 Å². The average Bonchev–Trinajstić information content (AvgIpc) is 2.77. The standard InChI is InChI=1S/C13H10N2O6S/c1-14-7-4-5-8-9(6-7)22(18,19)15-11(8)10(12(16)20-2)13(17)21-3/h4-6,16H,2-3H3/p-1/b12-10-. The fourth-order valence-corrected chi connectivity index (χ4v) is 3.11. The van der Waals surface area contributed by atoms with Crippen LogP contribution in [0.15, 0.2) is 39.0 Å². The van der Waals surface area contributed by atoms with Crippen LogP contribution in [-0.2, 0) is 24.3 Å². The molecule has 9 heteroatoms. The second kappa shape index (κ2) is 5.50. The zero-order valence-corrected chi connectivity index (χ0v) is 12.3. The normalized spacial score (nSPS) is 16.0. The molecule has 0 amide bonds. The quantitative estimate of drug-likeness (QED) is 0.338. The first kappa shape index (κ1) is 15.5. The lowest BCUT2D eigenvalue weighted by Gasteiger charge is -2.15. The van der Waals surface area contributed by atoms with E-state index < -0.39 is 27.5 Å². The van der Waals surface area contributed by atoms with E-state index in [1.54, 1.807) is 0 Å². The van der Waals surface area contributed by atoms with Gasteiger partial charge in [-0.2, -0.15) is 12.8 Å². The molecule has 1 aliphatic heterocycles. The Morgan fingerprint density at radius 2 is 2.00 bits per heavy atom. The minimum Gasteiger partial charge on any atom is -0.616 e. The van der Waals surface area contributed by atoms with Crippen LogP contribution in [0.25, 0.3) is 4.85 Å². The van der Waals surface area contributed by atoms with Gasteiger partial charge in [0, 0.05) is 5.56 Å². The highest BCUT2D eigenvalue weighted by atomic mass is 32.2. The van der Waals surface area contributed by atoms with Crippen molar-refractivity contribution >= 4 is 27.4 Å². The molecule has 1 aromatic carbocycles. The molecular weight excluding hydrogens is 312 g/mol. The van der Waals surface area contributed by atoms with Crippen molar-refractivity contribution in [2.75, 3.05) is 14.2 Å². The number of carbonyl (C=O) groups excluding carboxylic acids is 1. The summed E-state index contributed by atoms with van der Waals surface area (Å²) in [4.78, 5) is 14.6. The molecule has 0 saturated heterocycles. The summed E-state index contributed by atoms with van der Waals surface area (Å²) in [5, 5.41) is 11.8. The lowest BCUT2D eigenvalue weighted by atomic mass is 10.0. The van der Waals surface area contributed by atoms with E-state index in [2.05, 4.69) is 18.7 Å². The number of rotatable bonds is 3. The molecule has 2 rings (SSSR count). The fraction of sp³-hybridized carbons (Fsp3) is 0.154. The molecule has 114 valence electrons. The van der Waals surface area contributed by atoms with Gasteiger partial charge in [-0.25, -0.2) is 9.64 Å². The first-order chi connectivity index (χ1) is 10.4. The zero-order valence-electron chi connectivity index (χ0n) is 11.5. The number of carbonyl (C=O) groups is 1. The van der Waals surface area contributed by atoms with Crippen LogP contribution in [0.1, 0.15) is 5.56 Å². The van der Waals surface area contributed by atoms with Crippen molar-refractivity contribution in [3.05, 3.63) is 46.7 Å². The fourth-order valence-electron chi connectivity index (χ4n) is 1.87. The summed E-state index contributed by atoms with van der Waals surface area (Å²) in [7, 11) is -2.03. The maximum absolute atomic E-state index is 12.0. The van der Waals surface area contributed by atoms with Crippen LogP contribution < -0.4 is 5.11 Å². The van der Waals surface area contributed by atoms with Crippen LogP contribution in [0.4, 0.5) is 5.69 Å². The molecule has 0 spiro atoms. The monoisotopic (exact) mass is 321 g/mol. The predicted molar refractivity (Wildman–Crippen MR) is 72.5 cm³/mol. The van der Waals surface area contributed by atoms with Gasteiger partial charge in [0.15, 0.2) is 5.69 Å². The molecule has 0 radical (unpaired) electrons. The summed E-state index contributed by atoms with van der Waals surface area (Å²) >= 11 is 0. The number of ether oxygens (including phenoxy) is 2. The number of benzene rings is 1. The van der Waals surface area contributed by atoms with E-state index in [0.717, 1.165) is 20.3 Å². The van der Waals surface area contributed by atoms with E-state index >= 15 is 0 Å². The Morgan fingerprint density at radius 3 is 2.55 bits per heavy atom. The van der Waals surface area contributed by atoms with Crippen molar-refractivity contribution in [3.8, 4) is 0 Å². The van der Waals surface area contributed by atoms with Crippen molar-refractivity contribution in [3.63, 3.8) is 0 Å². The van der Waals surface area contributed by atoms with E-state index in [1.165, 1.54) is 12.1 Å². The molecule has 22 heavy (non-hydrogen) atoms. The third-order valence-corrected chi connectivity index (χ3v) is 4.17. The van der Waals surface area contributed by atoms with Crippen LogP contribution >= 0.6 is 0 Å². The van der Waals surface area contributed by atoms with Gasteiger partial charge in [-0.3, -0.25) is 0 Å². The first-order valence-electron chi connectivity index (χ1n) is 5.76. The summed E-state index contributed by atoms with van der Waals surface area (Å²) in [6.07, 6.45) is 0. The zero-order chi connectivity index (χ0) is 16.5. The predicted octanol–water partition coefficient (Wildman–Crippen LogP) is 0.120. The van der Waals surface area contributed by atoms with Crippen LogP contribution in [0, 0.1) is 6.57 Å². The highest BCUT2D eigenvalue weighted by molar-refractivity contribution is 7.90. The van der Waals surface area contributed by atoms with Gasteiger partial charge in [-0.15, -0.1) is 0 Å². The Balaban J connectivity index is 2.75. The molecule has 0 fully saturated rings. The molecule has 0 aromatic heterocycles. The lowest BCUT2D eigenvalue weighted by Crippen LogP contribution is -2.23. The van der Waals surface area contributed by atoms with Crippen molar-refractivity contribution in [1.29, 1.82) is 0 Å². The van der Waals surface area contributed by atoms with Gasteiger partial charge >= 0.3 is 5.97 Å². The average molecular weight is 321 g/mol. The maximum Gasteiger partial charge on any atom is 0.341 e. The Labute approximate surface area is 126 Å². The molecule has 0 saturated carbocycles. The topological polar surface area (TPSA) is 109 Å². The SMILES string of the molecule is [C-]#[N+]c1ccc2c(c1)S(=O)(=O)N=C2/C(C(=O)OC)=C(\[O-])OC. The minimum absolute atomic E-state index is 0.0400. The third kappa shape index (κ3) is 2.40. The molecule has 0 N–H and O–H groups in total. The Bertz CT molecular complexity index is 861. The molecule has 0 bridgehead atoms. The number of hydrogen-bond donors (Lipinski definition) is 0. The van der Waals surface area contributed by atoms with Gasteiger partial charge in [0.1, 0.15) is 11.3 Å². The number of esters is 1. The smallest absolute Gasteiger partial charge is 0.341 e. The second-order valence-corrected chi connectivity index (χ2v) is 5.64. The van der Waals surface area contributed by atoms with Crippen LogP contribution in [0.2, 0.25) is 0 Å². The summed E-state index contributed by atoms with van der Waals surface area (Å²) in [5.41, 5.74) is -0.845. The molecule has 8 nitrogen and oxygen atoms in total. The van der Waals surface area contributed by atoms with Crippen molar-refractivity contribution in [2.45, 2.75) is 4.90 Å². The molecule has 0 aliphatic carbocycles. The first-order valence-corrected chi connectivity index (χ1v) is 7.20. The highest BCUT2D eigenvalue weighted by Gasteiger charge is 2.34. The Hall–Kier alpha value is -2.86. The summed E-state index contributed by atoms with van der Waals surface area (Å²) in [6.45, 7) is 6.91. The molecule has 1 aromatic rings. The van der Waals surface area contributed by atoms with Gasteiger partial charge in [0.05, 0.1) is 24.5 Å². The number of sulfonamides is 1. The minimum atomic E-state index is -4.11. The van der Waals surface area contributed by atoms with E-state index in [0.29, 0.717) is 0 Å². The van der Waals surface area contributed by atoms with E-state index in [1.807, 2.05) is 0 Å². The van der Waals surface area contributed by atoms with Crippen molar-refractivity contribution in [2.24, 2.45) is 4.40 Å². The number of hydrogen-bond acceptors (Lipinski definition) is 6. The van der Waals surface area contributed by atoms with E-state index in [4.69, 9.17) is 6.57 Å². The van der Waals surface area contributed by atoms with Crippen molar-refractivity contribution < 1.29 is 27.8 Å².